The van der Waals surface area contributed by atoms with E-state index >= 15 is 0 Å². The molecular weight excluding hydrogens is 471 g/mol. The quantitative estimate of drug-likeness (QED) is 0.0652. The number of nitrogens with zero attached hydrogens (tertiary/aromatic N) is 2. The Kier molecular flexibility index (Phi) is 38.6. The number of rotatable bonds is 24. The van der Waals surface area contributed by atoms with Crippen LogP contribution in [0.15, 0.2) is 0 Å². The Morgan fingerprint density at radius 3 is 1.11 bits per heavy atom. The van der Waals surface area contributed by atoms with Gasteiger partial charge < -0.3 is 15.3 Å². The summed E-state index contributed by atoms with van der Waals surface area (Å²) < 4.78 is 9.00. The highest BCUT2D eigenvalue weighted by atomic mass is 19.2. The van der Waals surface area contributed by atoms with Crippen LogP contribution >= 0.6 is 0 Å². The van der Waals surface area contributed by atoms with Crippen molar-refractivity contribution in [1.82, 2.24) is 9.80 Å². The molecule has 0 heterocycles. The number of halogens is 3. The van der Waals surface area contributed by atoms with Crippen LogP contribution in [0.25, 0.3) is 0 Å². The Bertz CT molecular complexity index is 389. The van der Waals surface area contributed by atoms with Gasteiger partial charge in [-0.05, 0) is 33.6 Å². The molecule has 3 unspecified atom stereocenters. The van der Waals surface area contributed by atoms with Crippen molar-refractivity contribution in [1.29, 1.82) is 0 Å². The Balaban J connectivity index is -0.00000124. The van der Waals surface area contributed by atoms with Gasteiger partial charge in [0.05, 0.1) is 0 Å². The Hall–Kier alpha value is -0.450. The van der Waals surface area contributed by atoms with E-state index in [1.54, 1.807) is 18.7 Å². The molecule has 0 saturated heterocycles. The maximum absolute atomic E-state index is 10.0. The van der Waals surface area contributed by atoms with Crippen molar-refractivity contribution in [2.75, 3.05) is 19.6 Å². The number of hydrogen-bond donors (Lipinski definition) is 4. The minimum atomic E-state index is -0.657. The fourth-order valence-corrected chi connectivity index (χ4v) is 4.49. The first-order valence-corrected chi connectivity index (χ1v) is 14.2. The van der Waals surface area contributed by atoms with Crippen LogP contribution in [0.4, 0.5) is 13.9 Å². The van der Waals surface area contributed by atoms with E-state index in [4.69, 9.17) is 4.48 Å². The third-order valence-electron chi connectivity index (χ3n) is 6.65. The Morgan fingerprint density at radius 2 is 0.806 bits per heavy atom. The van der Waals surface area contributed by atoms with Gasteiger partial charge >= 0.3 is 0 Å². The van der Waals surface area contributed by atoms with Crippen molar-refractivity contribution in [3.8, 4) is 0 Å². The van der Waals surface area contributed by atoms with E-state index in [0.29, 0.717) is 6.54 Å². The Labute approximate surface area is 220 Å². The van der Waals surface area contributed by atoms with Crippen molar-refractivity contribution in [2.45, 2.75) is 156 Å². The summed E-state index contributed by atoms with van der Waals surface area (Å²) in [5, 5.41) is 29.5. The first-order valence-electron chi connectivity index (χ1n) is 14.2. The second-order valence-corrected chi connectivity index (χ2v) is 9.83. The second-order valence-electron chi connectivity index (χ2n) is 9.83. The fourth-order valence-electron chi connectivity index (χ4n) is 4.49. The van der Waals surface area contributed by atoms with Gasteiger partial charge in [-0.15, -0.1) is 4.48 Å². The molecule has 0 aromatic rings. The smallest absolute Gasteiger partial charge is 0.106 e. The first kappa shape index (κ1) is 42.6. The summed E-state index contributed by atoms with van der Waals surface area (Å²) >= 11 is 0. The Morgan fingerprint density at radius 1 is 0.500 bits per heavy atom. The van der Waals surface area contributed by atoms with Crippen molar-refractivity contribution < 1.29 is 29.2 Å². The average Bonchev–Trinajstić information content (AvgIpc) is 2.80. The van der Waals surface area contributed by atoms with Crippen molar-refractivity contribution in [2.24, 2.45) is 5.96 Å². The van der Waals surface area contributed by atoms with Gasteiger partial charge in [0.25, 0.3) is 0 Å². The zero-order valence-corrected chi connectivity index (χ0v) is 23.9. The summed E-state index contributed by atoms with van der Waals surface area (Å²) in [4.78, 5) is 3.76. The molecule has 0 aliphatic heterocycles. The van der Waals surface area contributed by atoms with E-state index in [1.165, 1.54) is 96.3 Å². The second kappa shape index (κ2) is 32.6. The van der Waals surface area contributed by atoms with Crippen LogP contribution in [0.3, 0.4) is 0 Å². The van der Waals surface area contributed by atoms with Gasteiger partial charge in [-0.2, -0.15) is 5.96 Å². The summed E-state index contributed by atoms with van der Waals surface area (Å²) in [5.74, 6) is 3.00. The van der Waals surface area contributed by atoms with Gasteiger partial charge in [-0.3, -0.25) is 19.2 Å². The molecule has 5 N–H and O–H groups in total. The molecule has 0 radical (unpaired) electrons. The molecule has 0 aromatic carbocycles. The maximum Gasteiger partial charge on any atom is 0.106 e. The number of hydrogen-bond acceptors (Lipinski definition) is 6. The normalized spacial score (nSPS) is 13.4. The SMILES string of the molecule is CCCCCCCCCCCCCCCCCCN(CCCN(C(C)O)C(C)O)C(C)O.F.F.NF. The third-order valence-corrected chi connectivity index (χ3v) is 6.65. The predicted octanol–water partition coefficient (Wildman–Crippen LogP) is 6.39. The molecule has 0 spiro atoms. The maximum atomic E-state index is 10.0. The van der Waals surface area contributed by atoms with Gasteiger partial charge in [0.1, 0.15) is 18.7 Å². The lowest BCUT2D eigenvalue weighted by Gasteiger charge is -2.30. The summed E-state index contributed by atoms with van der Waals surface area (Å²) in [6.45, 7) is 9.78. The van der Waals surface area contributed by atoms with Gasteiger partial charge in [0.2, 0.25) is 0 Å². The fraction of sp³-hybridized carbons (Fsp3) is 1.00. The molecule has 0 aliphatic rings. The summed E-state index contributed by atoms with van der Waals surface area (Å²) in [6.07, 6.45) is 21.0. The van der Waals surface area contributed by atoms with Crippen LogP contribution in [-0.4, -0.2) is 63.4 Å². The monoisotopic (exact) mass is 533 g/mol. The lowest BCUT2D eigenvalue weighted by atomic mass is 10.0. The minimum absolute atomic E-state index is 0. The lowest BCUT2D eigenvalue weighted by molar-refractivity contribution is -0.0865. The van der Waals surface area contributed by atoms with Crippen molar-refractivity contribution in [3.63, 3.8) is 0 Å². The molecule has 9 heteroatoms. The molecule has 224 valence electrons. The van der Waals surface area contributed by atoms with Crippen molar-refractivity contribution >= 4 is 0 Å². The highest BCUT2D eigenvalue weighted by Gasteiger charge is 2.17. The van der Waals surface area contributed by atoms with Crippen LogP contribution in [0.5, 0.6) is 0 Å². The van der Waals surface area contributed by atoms with E-state index in [9.17, 15) is 15.3 Å². The molecule has 0 fully saturated rings. The molecule has 0 saturated carbocycles. The van der Waals surface area contributed by atoms with Gasteiger partial charge in [-0.1, -0.05) is 103 Å². The molecule has 6 nitrogen and oxygen atoms in total. The lowest BCUT2D eigenvalue weighted by Crippen LogP contribution is -2.42. The van der Waals surface area contributed by atoms with Gasteiger partial charge in [0.15, 0.2) is 0 Å². The minimum Gasteiger partial charge on any atom is -0.379 e. The molecule has 3 atom stereocenters. The summed E-state index contributed by atoms with van der Waals surface area (Å²) in [6, 6.07) is 0. The molecule has 0 bridgehead atoms. The van der Waals surface area contributed by atoms with E-state index in [-0.39, 0.29) is 9.41 Å². The zero-order chi connectivity index (χ0) is 26.0. The van der Waals surface area contributed by atoms with Crippen LogP contribution in [0.2, 0.25) is 0 Å². The number of aliphatic hydroxyl groups is 3. The van der Waals surface area contributed by atoms with Crippen LogP contribution < -0.4 is 5.96 Å². The highest BCUT2D eigenvalue weighted by molar-refractivity contribution is 4.64. The summed E-state index contributed by atoms with van der Waals surface area (Å²) in [7, 11) is 0. The number of nitrogens with two attached hydrogens (primary N) is 1. The van der Waals surface area contributed by atoms with Crippen LogP contribution in [0.1, 0.15) is 137 Å². The predicted molar refractivity (Wildman–Crippen MR) is 148 cm³/mol. The molecule has 0 rings (SSSR count). The average molecular weight is 534 g/mol. The molecular formula is C27H62F3N3O3. The zero-order valence-electron chi connectivity index (χ0n) is 23.9. The number of aliphatic hydroxyl groups excluding tert-OH is 3. The van der Waals surface area contributed by atoms with Gasteiger partial charge in [0, 0.05) is 19.6 Å². The topological polar surface area (TPSA) is 93.2 Å². The third kappa shape index (κ3) is 28.1. The summed E-state index contributed by atoms with van der Waals surface area (Å²) in [5.41, 5.74) is 0. The van der Waals surface area contributed by atoms with Crippen LogP contribution in [0, 0.1) is 0 Å². The van der Waals surface area contributed by atoms with E-state index < -0.39 is 18.7 Å². The standard InChI is InChI=1S/C27H58N2O3.FH2N.2FH/c1-5-6-7-8-9-10-11-12-13-14-15-16-17-18-19-20-22-28(25(2)30)23-21-24-29(26(3)31)27(4)32;1-2;;/h25-27,30-32H,5-24H2,1-4H3;2H2;2*1H. The number of unbranched alkanes of at least 4 members (excludes halogenated alkanes) is 15. The van der Waals surface area contributed by atoms with Crippen molar-refractivity contribution in [3.05, 3.63) is 0 Å². The van der Waals surface area contributed by atoms with E-state index in [0.717, 1.165) is 25.9 Å². The van der Waals surface area contributed by atoms with Crippen LogP contribution in [-0.2, 0) is 0 Å². The molecule has 36 heavy (non-hydrogen) atoms. The molecule has 0 aliphatic carbocycles. The largest absolute Gasteiger partial charge is 0.379 e. The molecule has 0 amide bonds. The van der Waals surface area contributed by atoms with E-state index in [2.05, 4.69) is 17.8 Å². The first-order chi connectivity index (χ1) is 16.4. The highest BCUT2D eigenvalue weighted by Crippen LogP contribution is 2.14. The van der Waals surface area contributed by atoms with Gasteiger partial charge in [-0.25, -0.2) is 0 Å². The molecule has 0 aromatic heterocycles. The van der Waals surface area contributed by atoms with E-state index in [1.807, 2.05) is 6.92 Å².